The molecule has 0 aliphatic carbocycles. The molecule has 1 saturated heterocycles. The first-order valence-corrected chi connectivity index (χ1v) is 6.63. The monoisotopic (exact) mass is 229 g/mol. The van der Waals surface area contributed by atoms with Crippen molar-refractivity contribution in [1.29, 1.82) is 0 Å². The smallest absolute Gasteiger partial charge is 0.0872 e. The van der Waals surface area contributed by atoms with Gasteiger partial charge in [0.1, 0.15) is 0 Å². The van der Waals surface area contributed by atoms with Crippen LogP contribution in [0.25, 0.3) is 0 Å². The van der Waals surface area contributed by atoms with Gasteiger partial charge in [-0.25, -0.2) is 0 Å². The average Bonchev–Trinajstić information content (AvgIpc) is 2.35. The molecule has 0 aromatic rings. The SMILES string of the molecule is CCCCCCC(N)C1(OC)CCOCC1. The zero-order valence-corrected chi connectivity index (χ0v) is 10.8. The molecule has 1 heterocycles. The third-order valence-corrected chi connectivity index (χ3v) is 3.79. The maximum Gasteiger partial charge on any atom is 0.0872 e. The molecule has 3 heteroatoms. The van der Waals surface area contributed by atoms with Gasteiger partial charge in [0, 0.05) is 39.2 Å². The molecule has 1 aliphatic heterocycles. The second-order valence-corrected chi connectivity index (χ2v) is 4.84. The molecular weight excluding hydrogens is 202 g/mol. The summed E-state index contributed by atoms with van der Waals surface area (Å²) in [5.41, 5.74) is 6.18. The van der Waals surface area contributed by atoms with Gasteiger partial charge in [-0.3, -0.25) is 0 Å². The van der Waals surface area contributed by atoms with E-state index >= 15 is 0 Å². The Bertz CT molecular complexity index is 179. The van der Waals surface area contributed by atoms with E-state index in [-0.39, 0.29) is 11.6 Å². The van der Waals surface area contributed by atoms with Crippen molar-refractivity contribution >= 4 is 0 Å². The predicted octanol–water partition coefficient (Wildman–Crippen LogP) is 2.48. The summed E-state index contributed by atoms with van der Waals surface area (Å²) >= 11 is 0. The minimum atomic E-state index is -0.121. The van der Waals surface area contributed by atoms with Crippen LogP contribution in [0, 0.1) is 0 Å². The molecule has 0 saturated carbocycles. The summed E-state index contributed by atoms with van der Waals surface area (Å²) in [6.45, 7) is 3.81. The number of rotatable bonds is 7. The predicted molar refractivity (Wildman–Crippen MR) is 66.5 cm³/mol. The zero-order valence-electron chi connectivity index (χ0n) is 10.8. The quantitative estimate of drug-likeness (QED) is 0.682. The fraction of sp³-hybridized carbons (Fsp3) is 1.00. The molecule has 96 valence electrons. The summed E-state index contributed by atoms with van der Waals surface area (Å²) in [7, 11) is 1.79. The summed E-state index contributed by atoms with van der Waals surface area (Å²) in [5, 5.41) is 0. The Kier molecular flexibility index (Phi) is 6.32. The van der Waals surface area contributed by atoms with E-state index in [9.17, 15) is 0 Å². The summed E-state index contributed by atoms with van der Waals surface area (Å²) in [6.07, 6.45) is 8.07. The number of nitrogens with two attached hydrogens (primary N) is 1. The standard InChI is InChI=1S/C13H27NO2/c1-3-4-5-6-7-12(14)13(15-2)8-10-16-11-9-13/h12H,3-11,14H2,1-2H3. The highest BCUT2D eigenvalue weighted by Crippen LogP contribution is 2.29. The first-order valence-electron chi connectivity index (χ1n) is 6.63. The van der Waals surface area contributed by atoms with Crippen LogP contribution in [-0.4, -0.2) is 32.0 Å². The Morgan fingerprint density at radius 3 is 2.50 bits per heavy atom. The molecule has 3 nitrogen and oxygen atoms in total. The second-order valence-electron chi connectivity index (χ2n) is 4.84. The van der Waals surface area contributed by atoms with Crippen molar-refractivity contribution in [3.63, 3.8) is 0 Å². The molecule has 0 radical (unpaired) electrons. The van der Waals surface area contributed by atoms with Gasteiger partial charge in [-0.1, -0.05) is 32.6 Å². The van der Waals surface area contributed by atoms with Crippen molar-refractivity contribution in [2.75, 3.05) is 20.3 Å². The minimum absolute atomic E-state index is 0.121. The lowest BCUT2D eigenvalue weighted by Crippen LogP contribution is -2.52. The molecule has 0 bridgehead atoms. The van der Waals surface area contributed by atoms with E-state index in [2.05, 4.69) is 6.92 Å². The van der Waals surface area contributed by atoms with Gasteiger partial charge in [-0.15, -0.1) is 0 Å². The molecule has 16 heavy (non-hydrogen) atoms. The average molecular weight is 229 g/mol. The molecule has 1 aliphatic rings. The lowest BCUT2D eigenvalue weighted by Gasteiger charge is -2.40. The van der Waals surface area contributed by atoms with Crippen molar-refractivity contribution < 1.29 is 9.47 Å². The fourth-order valence-corrected chi connectivity index (χ4v) is 2.50. The molecule has 2 N–H and O–H groups in total. The molecule has 0 amide bonds. The van der Waals surface area contributed by atoms with Crippen LogP contribution in [0.4, 0.5) is 0 Å². The molecule has 1 rings (SSSR count). The topological polar surface area (TPSA) is 44.5 Å². The lowest BCUT2D eigenvalue weighted by molar-refractivity contribution is -0.105. The first-order chi connectivity index (χ1) is 7.75. The van der Waals surface area contributed by atoms with Gasteiger partial charge in [0.15, 0.2) is 0 Å². The highest BCUT2D eigenvalue weighted by Gasteiger charge is 2.38. The fourth-order valence-electron chi connectivity index (χ4n) is 2.50. The maximum atomic E-state index is 6.30. The summed E-state index contributed by atoms with van der Waals surface area (Å²) < 4.78 is 11.1. The lowest BCUT2D eigenvalue weighted by atomic mass is 9.84. The third kappa shape index (κ3) is 3.72. The van der Waals surface area contributed by atoms with Gasteiger partial charge in [-0.2, -0.15) is 0 Å². The molecule has 1 atom stereocenters. The maximum absolute atomic E-state index is 6.30. The van der Waals surface area contributed by atoms with Crippen molar-refractivity contribution in [3.05, 3.63) is 0 Å². The number of hydrogen-bond donors (Lipinski definition) is 1. The van der Waals surface area contributed by atoms with Crippen LogP contribution in [-0.2, 0) is 9.47 Å². The van der Waals surface area contributed by atoms with Crippen molar-refractivity contribution in [1.82, 2.24) is 0 Å². The normalized spacial score (nSPS) is 21.9. The molecule has 0 spiro atoms. The number of unbranched alkanes of at least 4 members (excludes halogenated alkanes) is 3. The van der Waals surface area contributed by atoms with Crippen molar-refractivity contribution in [3.8, 4) is 0 Å². The van der Waals surface area contributed by atoms with Crippen LogP contribution in [0.3, 0.4) is 0 Å². The van der Waals surface area contributed by atoms with Crippen LogP contribution in [0.2, 0.25) is 0 Å². The highest BCUT2D eigenvalue weighted by atomic mass is 16.5. The Hall–Kier alpha value is -0.120. The third-order valence-electron chi connectivity index (χ3n) is 3.79. The van der Waals surface area contributed by atoms with Gasteiger partial charge in [-0.05, 0) is 6.42 Å². The largest absolute Gasteiger partial charge is 0.381 e. The van der Waals surface area contributed by atoms with E-state index < -0.39 is 0 Å². The molecule has 1 unspecified atom stereocenters. The van der Waals surface area contributed by atoms with E-state index in [0.29, 0.717) is 0 Å². The number of hydrogen-bond acceptors (Lipinski definition) is 3. The van der Waals surface area contributed by atoms with Gasteiger partial charge in [0.05, 0.1) is 5.60 Å². The van der Waals surface area contributed by atoms with Crippen molar-refractivity contribution in [2.45, 2.75) is 63.5 Å². The Morgan fingerprint density at radius 1 is 1.25 bits per heavy atom. The molecule has 1 fully saturated rings. The van der Waals surface area contributed by atoms with Crippen molar-refractivity contribution in [2.24, 2.45) is 5.73 Å². The summed E-state index contributed by atoms with van der Waals surface area (Å²) in [5.74, 6) is 0. The van der Waals surface area contributed by atoms with E-state index in [4.69, 9.17) is 15.2 Å². The number of methoxy groups -OCH3 is 1. The summed E-state index contributed by atoms with van der Waals surface area (Å²) in [4.78, 5) is 0. The second kappa shape index (κ2) is 7.25. The van der Waals surface area contributed by atoms with Crippen LogP contribution >= 0.6 is 0 Å². The van der Waals surface area contributed by atoms with E-state index in [1.165, 1.54) is 25.7 Å². The summed E-state index contributed by atoms with van der Waals surface area (Å²) in [6, 6.07) is 0.165. The number of ether oxygens (including phenoxy) is 2. The van der Waals surface area contributed by atoms with Gasteiger partial charge >= 0.3 is 0 Å². The van der Waals surface area contributed by atoms with Crippen LogP contribution in [0.15, 0.2) is 0 Å². The van der Waals surface area contributed by atoms with Crippen LogP contribution in [0.5, 0.6) is 0 Å². The Labute approximate surface area is 99.7 Å². The van der Waals surface area contributed by atoms with Gasteiger partial charge in [0.2, 0.25) is 0 Å². The van der Waals surface area contributed by atoms with Gasteiger partial charge < -0.3 is 15.2 Å². The minimum Gasteiger partial charge on any atom is -0.381 e. The van der Waals surface area contributed by atoms with Crippen LogP contribution < -0.4 is 5.73 Å². The Morgan fingerprint density at radius 2 is 1.94 bits per heavy atom. The molecule has 0 aromatic carbocycles. The van der Waals surface area contributed by atoms with E-state index in [1.807, 2.05) is 0 Å². The highest BCUT2D eigenvalue weighted by molar-refractivity contribution is 4.92. The van der Waals surface area contributed by atoms with Gasteiger partial charge in [0.25, 0.3) is 0 Å². The van der Waals surface area contributed by atoms with E-state index in [0.717, 1.165) is 32.5 Å². The first kappa shape index (κ1) is 13.9. The molecular formula is C13H27NO2. The zero-order chi connectivity index (χ0) is 11.9. The Balaban J connectivity index is 2.33. The van der Waals surface area contributed by atoms with E-state index in [1.54, 1.807) is 7.11 Å². The molecule has 0 aromatic heterocycles. The van der Waals surface area contributed by atoms with Crippen LogP contribution in [0.1, 0.15) is 51.9 Å².